The fraction of sp³-hybridized carbons (Fsp3) is 0.250. The van der Waals surface area contributed by atoms with Gasteiger partial charge >= 0.3 is 0 Å². The molecule has 8 heteroatoms. The van der Waals surface area contributed by atoms with Gasteiger partial charge in [-0.2, -0.15) is 5.10 Å². The molecule has 2 aromatic heterocycles. The second-order valence-corrected chi connectivity index (χ2v) is 6.16. The molecular weight excluding hydrogens is 326 g/mol. The number of carbonyl (C=O) groups is 1. The van der Waals surface area contributed by atoms with E-state index in [1.807, 2.05) is 30.5 Å². The van der Waals surface area contributed by atoms with Crippen LogP contribution in [-0.2, 0) is 18.4 Å². The molecule has 0 aliphatic rings. The van der Waals surface area contributed by atoms with Gasteiger partial charge in [0.25, 0.3) is 5.56 Å². The van der Waals surface area contributed by atoms with Crippen LogP contribution in [0.3, 0.4) is 0 Å². The van der Waals surface area contributed by atoms with Crippen LogP contribution in [0.2, 0.25) is 0 Å². The first kappa shape index (κ1) is 16.3. The van der Waals surface area contributed by atoms with Crippen LogP contribution in [0.5, 0.6) is 0 Å². The number of carbonyl (C=O) groups excluding carboxylic acids is 1. The fourth-order valence-electron chi connectivity index (χ4n) is 2.37. The van der Waals surface area contributed by atoms with Crippen LogP contribution in [0.25, 0.3) is 11.0 Å². The minimum atomic E-state index is -0.190. The number of rotatable bonds is 5. The highest BCUT2D eigenvalue weighted by molar-refractivity contribution is 7.98. The van der Waals surface area contributed by atoms with E-state index in [0.29, 0.717) is 11.0 Å². The van der Waals surface area contributed by atoms with Gasteiger partial charge in [0.05, 0.1) is 12.5 Å². The normalized spacial score (nSPS) is 10.9. The Kier molecular flexibility index (Phi) is 4.66. The van der Waals surface area contributed by atoms with Crippen LogP contribution >= 0.6 is 11.8 Å². The summed E-state index contributed by atoms with van der Waals surface area (Å²) in [5.41, 5.74) is 1.10. The van der Waals surface area contributed by atoms with Gasteiger partial charge in [-0.05, 0) is 24.5 Å². The summed E-state index contributed by atoms with van der Waals surface area (Å²) in [4.78, 5) is 29.7. The molecule has 0 radical (unpaired) electrons. The summed E-state index contributed by atoms with van der Waals surface area (Å²) >= 11 is 1.61. The molecule has 0 saturated carbocycles. The SMILES string of the molecule is CSc1cccc(NC(=O)CCn2cnc3c(cnn3C)c2=O)c1. The zero-order chi connectivity index (χ0) is 17.1. The number of fused-ring (bicyclic) bond motifs is 1. The first-order valence-corrected chi connectivity index (χ1v) is 8.62. The maximum absolute atomic E-state index is 12.3. The first-order valence-electron chi connectivity index (χ1n) is 7.39. The summed E-state index contributed by atoms with van der Waals surface area (Å²) < 4.78 is 2.98. The van der Waals surface area contributed by atoms with Gasteiger partial charge < -0.3 is 5.32 Å². The Hall–Kier alpha value is -2.61. The maximum Gasteiger partial charge on any atom is 0.264 e. The molecule has 0 spiro atoms. The van der Waals surface area contributed by atoms with Crippen molar-refractivity contribution < 1.29 is 4.79 Å². The van der Waals surface area contributed by atoms with Crippen LogP contribution in [0, 0.1) is 0 Å². The molecule has 0 atom stereocenters. The van der Waals surface area contributed by atoms with E-state index in [1.54, 1.807) is 23.5 Å². The lowest BCUT2D eigenvalue weighted by molar-refractivity contribution is -0.116. The van der Waals surface area contributed by atoms with Gasteiger partial charge in [0.15, 0.2) is 5.65 Å². The number of amides is 1. The Labute approximate surface area is 142 Å². The molecular formula is C16H17N5O2S. The lowest BCUT2D eigenvalue weighted by atomic mass is 10.3. The largest absolute Gasteiger partial charge is 0.326 e. The Bertz CT molecular complexity index is 947. The minimum absolute atomic E-state index is 0.147. The molecule has 7 nitrogen and oxygen atoms in total. The number of thioether (sulfide) groups is 1. The van der Waals surface area contributed by atoms with Gasteiger partial charge in [-0.3, -0.25) is 18.8 Å². The average Bonchev–Trinajstić information content (AvgIpc) is 2.96. The number of benzene rings is 1. The lowest BCUT2D eigenvalue weighted by Gasteiger charge is -2.08. The quantitative estimate of drug-likeness (QED) is 0.715. The van der Waals surface area contributed by atoms with Gasteiger partial charge in [0.1, 0.15) is 5.39 Å². The molecule has 0 aliphatic heterocycles. The van der Waals surface area contributed by atoms with Gasteiger partial charge in [-0.15, -0.1) is 11.8 Å². The maximum atomic E-state index is 12.3. The third-order valence-corrected chi connectivity index (χ3v) is 4.38. The molecule has 0 aliphatic carbocycles. The highest BCUT2D eigenvalue weighted by atomic mass is 32.2. The molecule has 1 amide bonds. The Morgan fingerprint density at radius 3 is 3.00 bits per heavy atom. The molecule has 0 unspecified atom stereocenters. The number of anilines is 1. The topological polar surface area (TPSA) is 81.8 Å². The third-order valence-electron chi connectivity index (χ3n) is 3.65. The molecule has 1 aromatic carbocycles. The van der Waals surface area contributed by atoms with Crippen molar-refractivity contribution in [2.75, 3.05) is 11.6 Å². The van der Waals surface area contributed by atoms with Crippen molar-refractivity contribution in [2.45, 2.75) is 17.9 Å². The number of aryl methyl sites for hydroxylation is 2. The van der Waals surface area contributed by atoms with Crippen molar-refractivity contribution in [3.63, 3.8) is 0 Å². The summed E-state index contributed by atoms with van der Waals surface area (Å²) in [7, 11) is 1.73. The van der Waals surface area contributed by atoms with Gasteiger partial charge in [0.2, 0.25) is 5.91 Å². The van der Waals surface area contributed by atoms with Gasteiger partial charge in [-0.25, -0.2) is 4.98 Å². The number of aromatic nitrogens is 4. The third kappa shape index (κ3) is 3.33. The van der Waals surface area contributed by atoms with Crippen molar-refractivity contribution in [3.05, 3.63) is 47.1 Å². The Morgan fingerprint density at radius 1 is 1.38 bits per heavy atom. The molecule has 0 bridgehead atoms. The zero-order valence-corrected chi connectivity index (χ0v) is 14.2. The predicted octanol–water partition coefficient (Wildman–Crippen LogP) is 1.88. The van der Waals surface area contributed by atoms with Crippen molar-refractivity contribution >= 4 is 34.4 Å². The number of nitrogens with one attached hydrogen (secondary N) is 1. The van der Waals surface area contributed by atoms with Crippen LogP contribution in [0.15, 0.2) is 46.5 Å². The smallest absolute Gasteiger partial charge is 0.264 e. The van der Waals surface area contributed by atoms with E-state index in [9.17, 15) is 9.59 Å². The molecule has 1 N–H and O–H groups in total. The average molecular weight is 343 g/mol. The Morgan fingerprint density at radius 2 is 2.21 bits per heavy atom. The molecule has 0 saturated heterocycles. The monoisotopic (exact) mass is 343 g/mol. The standard InChI is InChI=1S/C16H17N5O2S/c1-20-15-13(9-18-20)16(23)21(10-17-15)7-6-14(22)19-11-4-3-5-12(8-11)24-2/h3-5,8-10H,6-7H2,1-2H3,(H,19,22). The van der Waals surface area contributed by atoms with Crippen LogP contribution in [0.1, 0.15) is 6.42 Å². The van der Waals surface area contributed by atoms with Crippen LogP contribution < -0.4 is 10.9 Å². The summed E-state index contributed by atoms with van der Waals surface area (Å²) in [6.45, 7) is 0.269. The molecule has 3 aromatic rings. The first-order chi connectivity index (χ1) is 11.6. The second-order valence-electron chi connectivity index (χ2n) is 5.28. The zero-order valence-electron chi connectivity index (χ0n) is 13.4. The summed E-state index contributed by atoms with van der Waals surface area (Å²) in [5, 5.41) is 7.32. The number of hydrogen-bond donors (Lipinski definition) is 1. The van der Waals surface area contributed by atoms with E-state index in [2.05, 4.69) is 15.4 Å². The summed E-state index contributed by atoms with van der Waals surface area (Å²) in [6, 6.07) is 7.63. The summed E-state index contributed by atoms with van der Waals surface area (Å²) in [5.74, 6) is -0.147. The number of nitrogens with zero attached hydrogens (tertiary/aromatic N) is 4. The minimum Gasteiger partial charge on any atom is -0.326 e. The molecule has 124 valence electrons. The lowest BCUT2D eigenvalue weighted by Crippen LogP contribution is -2.23. The summed E-state index contributed by atoms with van der Waals surface area (Å²) in [6.07, 6.45) is 5.12. The van der Waals surface area contributed by atoms with Crippen LogP contribution in [-0.4, -0.2) is 31.5 Å². The van der Waals surface area contributed by atoms with E-state index in [1.165, 1.54) is 17.1 Å². The molecule has 24 heavy (non-hydrogen) atoms. The molecule has 0 fully saturated rings. The van der Waals surface area contributed by atoms with Crippen molar-refractivity contribution in [1.29, 1.82) is 0 Å². The van der Waals surface area contributed by atoms with Gasteiger partial charge in [-0.1, -0.05) is 6.07 Å². The second kappa shape index (κ2) is 6.88. The molecule has 3 rings (SSSR count). The van der Waals surface area contributed by atoms with Crippen LogP contribution in [0.4, 0.5) is 5.69 Å². The highest BCUT2D eigenvalue weighted by Crippen LogP contribution is 2.19. The van der Waals surface area contributed by atoms with Crippen molar-refractivity contribution in [1.82, 2.24) is 19.3 Å². The van der Waals surface area contributed by atoms with E-state index in [4.69, 9.17) is 0 Å². The van der Waals surface area contributed by atoms with E-state index in [0.717, 1.165) is 10.6 Å². The number of hydrogen-bond acceptors (Lipinski definition) is 5. The van der Waals surface area contributed by atoms with Gasteiger partial charge in [0, 0.05) is 30.6 Å². The predicted molar refractivity (Wildman–Crippen MR) is 94.2 cm³/mol. The fourth-order valence-corrected chi connectivity index (χ4v) is 2.83. The van der Waals surface area contributed by atoms with Crippen molar-refractivity contribution in [3.8, 4) is 0 Å². The molecule has 2 heterocycles. The van der Waals surface area contributed by atoms with E-state index < -0.39 is 0 Å². The van der Waals surface area contributed by atoms with E-state index in [-0.39, 0.29) is 24.4 Å². The Balaban J connectivity index is 1.68. The van der Waals surface area contributed by atoms with E-state index >= 15 is 0 Å². The highest BCUT2D eigenvalue weighted by Gasteiger charge is 2.09. The van der Waals surface area contributed by atoms with Crippen molar-refractivity contribution in [2.24, 2.45) is 7.05 Å².